The number of carbonyl (C=O) groups excluding carboxylic acids is 3. The van der Waals surface area contributed by atoms with Gasteiger partial charge in [-0.15, -0.1) is 22.7 Å². The minimum atomic E-state index is -1.70. The van der Waals surface area contributed by atoms with Crippen LogP contribution in [0.15, 0.2) is 71.4 Å². The molecule has 4 aromatic rings. The summed E-state index contributed by atoms with van der Waals surface area (Å²) in [7, 11) is -3.40. The summed E-state index contributed by atoms with van der Waals surface area (Å²) in [6, 6.07) is 20.8. The van der Waals surface area contributed by atoms with Gasteiger partial charge in [0.1, 0.15) is 11.6 Å². The van der Waals surface area contributed by atoms with Crippen molar-refractivity contribution in [1.29, 1.82) is 0 Å². The summed E-state index contributed by atoms with van der Waals surface area (Å²) >= 11 is 2.99. The number of benzene rings is 2. The van der Waals surface area contributed by atoms with E-state index in [1.165, 1.54) is 22.7 Å². The Hall–Kier alpha value is -2.72. The van der Waals surface area contributed by atoms with E-state index in [2.05, 4.69) is 86.4 Å². The predicted octanol–water partition coefficient (Wildman–Crippen LogP) is 9.32. The molecule has 42 heavy (non-hydrogen) atoms. The maximum Gasteiger partial charge on any atom is 0.212 e. The van der Waals surface area contributed by atoms with Gasteiger partial charge in [0.15, 0.2) is 0 Å². The number of rotatable bonds is 12. The van der Waals surface area contributed by atoms with E-state index in [0.29, 0.717) is 0 Å². The number of hydrogen-bond acceptors (Lipinski definition) is 5. The summed E-state index contributed by atoms with van der Waals surface area (Å²) < 4.78 is 0. The second-order valence-corrected chi connectivity index (χ2v) is 26.1. The molecule has 0 aliphatic carbocycles. The first-order valence-corrected chi connectivity index (χ1v) is 23.4. The van der Waals surface area contributed by atoms with Crippen LogP contribution in [0.2, 0.25) is 39.3 Å². The van der Waals surface area contributed by atoms with Crippen LogP contribution in [0.5, 0.6) is 0 Å². The highest BCUT2D eigenvalue weighted by Crippen LogP contribution is 2.32. The molecule has 2 aromatic carbocycles. The molecular formula is C35H42O3S2Si2. The Kier molecular flexibility index (Phi) is 9.87. The van der Waals surface area contributed by atoms with Crippen molar-refractivity contribution in [3.05, 3.63) is 115 Å². The molecule has 2 atom stereocenters. The Morgan fingerprint density at radius 3 is 1.31 bits per heavy atom. The van der Waals surface area contributed by atoms with Crippen molar-refractivity contribution in [1.82, 2.24) is 0 Å². The average Bonchev–Trinajstić information content (AvgIpc) is 3.52. The van der Waals surface area contributed by atoms with Gasteiger partial charge in [-0.1, -0.05) is 87.8 Å². The summed E-state index contributed by atoms with van der Waals surface area (Å²) in [5.41, 5.74) is 6.75. The van der Waals surface area contributed by atoms with Crippen LogP contribution in [0, 0.1) is 0 Å². The maximum atomic E-state index is 13.4. The van der Waals surface area contributed by atoms with Gasteiger partial charge in [0.25, 0.3) is 0 Å². The highest BCUT2D eigenvalue weighted by Gasteiger charge is 2.33. The Morgan fingerprint density at radius 2 is 0.976 bits per heavy atom. The van der Waals surface area contributed by atoms with Crippen LogP contribution in [0.3, 0.4) is 0 Å². The van der Waals surface area contributed by atoms with Crippen LogP contribution in [0.4, 0.5) is 0 Å². The molecule has 0 fully saturated rings. The number of ketones is 3. The molecule has 4 rings (SSSR count). The first kappa shape index (κ1) is 32.2. The molecule has 7 heteroatoms. The fourth-order valence-electron chi connectivity index (χ4n) is 6.22. The molecule has 2 unspecified atom stereocenters. The van der Waals surface area contributed by atoms with Crippen LogP contribution in [-0.4, -0.2) is 33.5 Å². The van der Waals surface area contributed by atoms with Crippen molar-refractivity contribution < 1.29 is 14.4 Å². The summed E-state index contributed by atoms with van der Waals surface area (Å²) in [4.78, 5) is 39.8. The number of carbonyl (C=O) groups is 3. The third-order valence-corrected chi connectivity index (χ3v) is 14.6. The molecule has 0 saturated carbocycles. The predicted molar refractivity (Wildman–Crippen MR) is 184 cm³/mol. The van der Waals surface area contributed by atoms with E-state index in [1.807, 2.05) is 24.3 Å². The third-order valence-electron chi connectivity index (χ3n) is 7.69. The largest absolute Gasteiger partial charge is 0.300 e. The zero-order valence-electron chi connectivity index (χ0n) is 26.0. The molecule has 0 saturated heterocycles. The molecule has 0 radical (unpaired) electrons. The van der Waals surface area contributed by atoms with Gasteiger partial charge in [0.05, 0.1) is 25.9 Å². The van der Waals surface area contributed by atoms with Crippen molar-refractivity contribution in [3.63, 3.8) is 0 Å². The van der Waals surface area contributed by atoms with Crippen LogP contribution >= 0.6 is 22.7 Å². The second kappa shape index (κ2) is 12.9. The van der Waals surface area contributed by atoms with Crippen LogP contribution in [-0.2, 0) is 22.4 Å². The molecule has 220 valence electrons. The maximum absolute atomic E-state index is 13.4. The lowest BCUT2D eigenvalue weighted by molar-refractivity contribution is -0.117. The Labute approximate surface area is 261 Å². The smallest absolute Gasteiger partial charge is 0.212 e. The first-order chi connectivity index (χ1) is 19.6. The highest BCUT2D eigenvalue weighted by molar-refractivity contribution is 7.15. The highest BCUT2D eigenvalue weighted by atomic mass is 32.1. The summed E-state index contributed by atoms with van der Waals surface area (Å²) in [5, 5.41) is 4.15. The molecule has 0 aliphatic rings. The lowest BCUT2D eigenvalue weighted by Gasteiger charge is -2.27. The molecule has 2 heterocycles. The van der Waals surface area contributed by atoms with Gasteiger partial charge < -0.3 is 0 Å². The standard InChI is InChI=1S/C35H42O3S2Si2/c1-23(36)34(41(3,4)5)29-13-9-11-25(17-29)15-27-19-31(39-21-27)33(38)32-20-28(22-40-32)16-26-12-10-14-30(18-26)35(24(2)37)42(6,7)8/h9-14,17-22,34-35H,15-16H2,1-8H3. The van der Waals surface area contributed by atoms with E-state index in [-0.39, 0.29) is 28.4 Å². The first-order valence-electron chi connectivity index (χ1n) is 14.5. The quantitative estimate of drug-likeness (QED) is 0.116. The molecule has 0 aliphatic heterocycles. The second-order valence-electron chi connectivity index (χ2n) is 13.6. The summed E-state index contributed by atoms with van der Waals surface area (Å²) in [6.07, 6.45) is 1.47. The molecule has 0 spiro atoms. The fraction of sp³-hybridized carbons (Fsp3) is 0.343. The molecule has 2 aromatic heterocycles. The number of thiophene rings is 2. The van der Waals surface area contributed by atoms with Gasteiger partial charge in [-0.25, -0.2) is 0 Å². The minimum Gasteiger partial charge on any atom is -0.300 e. The van der Waals surface area contributed by atoms with Gasteiger partial charge >= 0.3 is 0 Å². The summed E-state index contributed by atoms with van der Waals surface area (Å²) in [5.74, 6) is 0.546. The van der Waals surface area contributed by atoms with Crippen LogP contribution in [0.25, 0.3) is 0 Å². The molecule has 3 nitrogen and oxygen atoms in total. The molecule has 0 amide bonds. The SMILES string of the molecule is CC(=O)C(c1cccc(Cc2csc(C(=O)c3cc(Cc4cccc(C(C(C)=O)[Si](C)(C)C)c4)cs3)c2)c1)[Si](C)(C)C. The van der Waals surface area contributed by atoms with Crippen molar-refractivity contribution >= 4 is 56.2 Å². The summed E-state index contributed by atoms with van der Waals surface area (Å²) in [6.45, 7) is 16.9. The zero-order valence-corrected chi connectivity index (χ0v) is 29.7. The van der Waals surface area contributed by atoms with E-state index in [1.54, 1.807) is 13.8 Å². The number of Topliss-reactive ketones (excluding diaryl/α,β-unsaturated/α-hetero) is 2. The Morgan fingerprint density at radius 1 is 0.595 bits per heavy atom. The van der Waals surface area contributed by atoms with E-state index < -0.39 is 16.1 Å². The van der Waals surface area contributed by atoms with E-state index in [9.17, 15) is 14.4 Å². The van der Waals surface area contributed by atoms with Crippen LogP contribution < -0.4 is 0 Å². The third kappa shape index (κ3) is 7.81. The molecule has 0 N–H and O–H groups in total. The Balaban J connectivity index is 1.47. The lowest BCUT2D eigenvalue weighted by Crippen LogP contribution is -2.35. The molecule has 0 bridgehead atoms. The topological polar surface area (TPSA) is 51.2 Å². The minimum absolute atomic E-state index is 0.0107. The van der Waals surface area contributed by atoms with Crippen molar-refractivity contribution in [2.24, 2.45) is 0 Å². The van der Waals surface area contributed by atoms with Gasteiger partial charge in [-0.05, 0) is 83.0 Å². The van der Waals surface area contributed by atoms with Crippen LogP contribution in [0.1, 0.15) is 72.9 Å². The van der Waals surface area contributed by atoms with Gasteiger partial charge in [0, 0.05) is 11.1 Å². The van der Waals surface area contributed by atoms with E-state index in [4.69, 9.17) is 0 Å². The fourth-order valence-corrected chi connectivity index (χ4v) is 12.8. The van der Waals surface area contributed by atoms with Gasteiger partial charge in [-0.2, -0.15) is 0 Å². The van der Waals surface area contributed by atoms with Gasteiger partial charge in [0.2, 0.25) is 5.78 Å². The lowest BCUT2D eigenvalue weighted by atomic mass is 10.0. The van der Waals surface area contributed by atoms with Crippen molar-refractivity contribution in [2.45, 2.75) is 77.1 Å². The van der Waals surface area contributed by atoms with Crippen molar-refractivity contribution in [2.75, 3.05) is 0 Å². The van der Waals surface area contributed by atoms with Gasteiger partial charge in [-0.3, -0.25) is 14.4 Å². The molecular weight excluding hydrogens is 589 g/mol. The Bertz CT molecular complexity index is 1480. The number of hydrogen-bond donors (Lipinski definition) is 0. The van der Waals surface area contributed by atoms with Crippen molar-refractivity contribution in [3.8, 4) is 0 Å². The van der Waals surface area contributed by atoms with E-state index in [0.717, 1.165) is 56.0 Å². The monoisotopic (exact) mass is 630 g/mol. The zero-order chi connectivity index (χ0) is 30.8. The normalized spacial score (nSPS) is 13.5. The average molecular weight is 631 g/mol. The van der Waals surface area contributed by atoms with E-state index >= 15 is 0 Å².